The molecule has 0 spiro atoms. The molecule has 156 valence electrons. The molecule has 1 saturated heterocycles. The number of carbonyl (C=O) groups is 3. The summed E-state index contributed by atoms with van der Waals surface area (Å²) in [4.78, 5) is 48.7. The van der Waals surface area contributed by atoms with Crippen molar-refractivity contribution in [3.05, 3.63) is 75.8 Å². The van der Waals surface area contributed by atoms with Crippen LogP contribution >= 0.6 is 0 Å². The van der Waals surface area contributed by atoms with Crippen molar-refractivity contribution in [3.8, 4) is 0 Å². The molecule has 1 unspecified atom stereocenters. The fourth-order valence-electron chi connectivity index (χ4n) is 3.33. The van der Waals surface area contributed by atoms with Crippen LogP contribution in [0.3, 0.4) is 0 Å². The summed E-state index contributed by atoms with van der Waals surface area (Å²) in [6.45, 7) is 1.46. The van der Waals surface area contributed by atoms with Gasteiger partial charge in [0, 0.05) is 18.7 Å². The van der Waals surface area contributed by atoms with E-state index in [1.165, 1.54) is 31.2 Å². The van der Waals surface area contributed by atoms with Gasteiger partial charge in [0.25, 0.3) is 11.6 Å². The molecule has 1 aliphatic heterocycles. The monoisotopic (exact) mass is 410 g/mol. The smallest absolute Gasteiger partial charge is 0.325 e. The van der Waals surface area contributed by atoms with Crippen molar-refractivity contribution >= 4 is 23.5 Å². The molecule has 4 amide bonds. The number of nitrogens with one attached hydrogen (secondary N) is 2. The van der Waals surface area contributed by atoms with Crippen molar-refractivity contribution in [2.45, 2.75) is 25.3 Å². The molecule has 2 aromatic carbocycles. The van der Waals surface area contributed by atoms with Gasteiger partial charge in [-0.3, -0.25) is 24.6 Å². The molecule has 3 rings (SSSR count). The van der Waals surface area contributed by atoms with E-state index in [4.69, 9.17) is 0 Å². The van der Waals surface area contributed by atoms with Gasteiger partial charge in [-0.15, -0.1) is 0 Å². The Balaban J connectivity index is 1.58. The first-order valence-electron chi connectivity index (χ1n) is 9.51. The van der Waals surface area contributed by atoms with Crippen molar-refractivity contribution < 1.29 is 19.3 Å². The summed E-state index contributed by atoms with van der Waals surface area (Å²) < 4.78 is 0. The Kier molecular flexibility index (Phi) is 6.10. The summed E-state index contributed by atoms with van der Waals surface area (Å²) >= 11 is 0. The zero-order valence-corrected chi connectivity index (χ0v) is 16.5. The van der Waals surface area contributed by atoms with Gasteiger partial charge >= 0.3 is 6.03 Å². The number of rotatable bonds is 8. The predicted molar refractivity (Wildman–Crippen MR) is 108 cm³/mol. The first-order chi connectivity index (χ1) is 14.3. The van der Waals surface area contributed by atoms with Crippen LogP contribution in [0.25, 0.3) is 0 Å². The van der Waals surface area contributed by atoms with E-state index in [9.17, 15) is 24.5 Å². The molecule has 1 atom stereocenters. The van der Waals surface area contributed by atoms with Crippen molar-refractivity contribution in [1.82, 2.24) is 15.5 Å². The topological polar surface area (TPSA) is 122 Å². The van der Waals surface area contributed by atoms with Gasteiger partial charge in [-0.25, -0.2) is 4.79 Å². The second-order valence-corrected chi connectivity index (χ2v) is 7.19. The molecule has 0 bridgehead atoms. The molecule has 2 N–H and O–H groups in total. The van der Waals surface area contributed by atoms with Crippen molar-refractivity contribution in [2.24, 2.45) is 0 Å². The molecular weight excluding hydrogens is 388 g/mol. The maximum absolute atomic E-state index is 12.9. The first-order valence-corrected chi connectivity index (χ1v) is 9.51. The predicted octanol–water partition coefficient (Wildman–Crippen LogP) is 2.11. The molecule has 1 aliphatic rings. The van der Waals surface area contributed by atoms with Crippen LogP contribution in [-0.4, -0.2) is 40.8 Å². The maximum atomic E-state index is 12.9. The van der Waals surface area contributed by atoms with Gasteiger partial charge in [0.1, 0.15) is 12.1 Å². The Morgan fingerprint density at radius 3 is 2.60 bits per heavy atom. The molecule has 0 radical (unpaired) electrons. The third-order valence-electron chi connectivity index (χ3n) is 5.02. The SMILES string of the molecule is CC1(c2cccc([N+](=O)[O-])c2)NC(=O)N(CC(=O)NCCCc2ccccc2)C1=O. The number of aryl methyl sites for hydroxylation is 1. The number of hydrogen-bond donors (Lipinski definition) is 2. The van der Waals surface area contributed by atoms with E-state index in [1.807, 2.05) is 30.3 Å². The number of nitro groups is 1. The Bertz CT molecular complexity index is 978. The number of nitrogens with zero attached hydrogens (tertiary/aromatic N) is 2. The summed E-state index contributed by atoms with van der Waals surface area (Å²) in [5, 5.41) is 16.3. The third kappa shape index (κ3) is 4.45. The zero-order chi connectivity index (χ0) is 21.7. The van der Waals surface area contributed by atoms with E-state index in [2.05, 4.69) is 10.6 Å². The van der Waals surface area contributed by atoms with Gasteiger partial charge in [-0.2, -0.15) is 0 Å². The van der Waals surface area contributed by atoms with Crippen LogP contribution in [0, 0.1) is 10.1 Å². The van der Waals surface area contributed by atoms with Crippen LogP contribution in [-0.2, 0) is 21.5 Å². The second-order valence-electron chi connectivity index (χ2n) is 7.19. The van der Waals surface area contributed by atoms with E-state index in [0.29, 0.717) is 6.54 Å². The minimum absolute atomic E-state index is 0.189. The van der Waals surface area contributed by atoms with Gasteiger partial charge in [0.15, 0.2) is 0 Å². The number of benzene rings is 2. The molecular formula is C21H22N4O5. The zero-order valence-electron chi connectivity index (χ0n) is 16.5. The van der Waals surface area contributed by atoms with Crippen LogP contribution < -0.4 is 10.6 Å². The highest BCUT2D eigenvalue weighted by molar-refractivity contribution is 6.09. The Morgan fingerprint density at radius 2 is 1.90 bits per heavy atom. The maximum Gasteiger partial charge on any atom is 0.325 e. The lowest BCUT2D eigenvalue weighted by Crippen LogP contribution is -2.43. The van der Waals surface area contributed by atoms with Crippen LogP contribution in [0.15, 0.2) is 54.6 Å². The molecule has 1 heterocycles. The minimum atomic E-state index is -1.48. The molecule has 0 aromatic heterocycles. The van der Waals surface area contributed by atoms with Crippen molar-refractivity contribution in [3.63, 3.8) is 0 Å². The summed E-state index contributed by atoms with van der Waals surface area (Å²) in [5.41, 5.74) is -0.226. The fourth-order valence-corrected chi connectivity index (χ4v) is 3.33. The van der Waals surface area contributed by atoms with E-state index in [0.717, 1.165) is 23.3 Å². The number of non-ortho nitro benzene ring substituents is 1. The number of carbonyl (C=O) groups excluding carboxylic acids is 3. The third-order valence-corrected chi connectivity index (χ3v) is 5.02. The van der Waals surface area contributed by atoms with Crippen molar-refractivity contribution in [2.75, 3.05) is 13.1 Å². The lowest BCUT2D eigenvalue weighted by Gasteiger charge is -2.22. The highest BCUT2D eigenvalue weighted by Gasteiger charge is 2.49. The van der Waals surface area contributed by atoms with Crippen molar-refractivity contribution in [1.29, 1.82) is 0 Å². The van der Waals surface area contributed by atoms with Gasteiger partial charge in [0.2, 0.25) is 5.91 Å². The number of imide groups is 1. The van der Waals surface area contributed by atoms with E-state index < -0.39 is 34.9 Å². The Labute approximate surface area is 173 Å². The Hall–Kier alpha value is -3.75. The first kappa shape index (κ1) is 21.0. The highest BCUT2D eigenvalue weighted by atomic mass is 16.6. The summed E-state index contributed by atoms with van der Waals surface area (Å²) in [5.74, 6) is -1.08. The molecule has 30 heavy (non-hydrogen) atoms. The molecule has 9 nitrogen and oxygen atoms in total. The number of amides is 4. The van der Waals surface area contributed by atoms with Gasteiger partial charge in [-0.05, 0) is 30.9 Å². The van der Waals surface area contributed by atoms with Gasteiger partial charge < -0.3 is 10.6 Å². The van der Waals surface area contributed by atoms with E-state index in [1.54, 1.807) is 0 Å². The largest absolute Gasteiger partial charge is 0.355 e. The van der Waals surface area contributed by atoms with Gasteiger partial charge in [-0.1, -0.05) is 42.5 Å². The normalized spacial score (nSPS) is 18.2. The van der Waals surface area contributed by atoms with Crippen LogP contribution in [0.1, 0.15) is 24.5 Å². The molecule has 0 saturated carbocycles. The number of hydrogen-bond acceptors (Lipinski definition) is 5. The van der Waals surface area contributed by atoms with Gasteiger partial charge in [0.05, 0.1) is 4.92 Å². The number of nitro benzene ring substituents is 1. The van der Waals surface area contributed by atoms with E-state index in [-0.39, 0.29) is 11.3 Å². The average molecular weight is 410 g/mol. The molecule has 2 aromatic rings. The van der Waals surface area contributed by atoms with E-state index >= 15 is 0 Å². The molecule has 9 heteroatoms. The average Bonchev–Trinajstić information content (AvgIpc) is 2.96. The second kappa shape index (κ2) is 8.73. The minimum Gasteiger partial charge on any atom is -0.355 e. The lowest BCUT2D eigenvalue weighted by atomic mass is 9.91. The quantitative estimate of drug-likeness (QED) is 0.299. The fraction of sp³-hybridized carbons (Fsp3) is 0.286. The lowest BCUT2D eigenvalue weighted by molar-refractivity contribution is -0.385. The van der Waals surface area contributed by atoms with Crippen LogP contribution in [0.2, 0.25) is 0 Å². The highest BCUT2D eigenvalue weighted by Crippen LogP contribution is 2.30. The standard InChI is InChI=1S/C21H22N4O5/c1-21(16-10-5-11-17(13-16)25(29)30)19(27)24(20(28)23-21)14-18(26)22-12-6-9-15-7-3-2-4-8-15/h2-5,7-8,10-11,13H,6,9,12,14H2,1H3,(H,22,26)(H,23,28). The summed E-state index contributed by atoms with van der Waals surface area (Å²) in [6, 6.07) is 14.6. The summed E-state index contributed by atoms with van der Waals surface area (Å²) in [6.07, 6.45) is 1.52. The van der Waals surface area contributed by atoms with Crippen LogP contribution in [0.5, 0.6) is 0 Å². The van der Waals surface area contributed by atoms with Crippen LogP contribution in [0.4, 0.5) is 10.5 Å². The Morgan fingerprint density at radius 1 is 1.17 bits per heavy atom. The number of urea groups is 1. The molecule has 1 fully saturated rings. The summed E-state index contributed by atoms with van der Waals surface area (Å²) in [7, 11) is 0. The molecule has 0 aliphatic carbocycles.